The molecule has 4 rings (SSSR count). The second-order valence-corrected chi connectivity index (χ2v) is 8.00. The third kappa shape index (κ3) is 3.54. The summed E-state index contributed by atoms with van der Waals surface area (Å²) >= 11 is 7.65. The zero-order chi connectivity index (χ0) is 20.5. The van der Waals surface area contributed by atoms with Gasteiger partial charge in [0.15, 0.2) is 11.5 Å². The number of hydrogen-bond donors (Lipinski definition) is 1. The van der Waals surface area contributed by atoms with E-state index in [4.69, 9.17) is 25.8 Å². The van der Waals surface area contributed by atoms with Gasteiger partial charge in [0.1, 0.15) is 5.75 Å². The van der Waals surface area contributed by atoms with Crippen molar-refractivity contribution in [1.82, 2.24) is 0 Å². The van der Waals surface area contributed by atoms with Crippen molar-refractivity contribution < 1.29 is 19.0 Å². The van der Waals surface area contributed by atoms with Crippen LogP contribution in [0.5, 0.6) is 17.2 Å². The smallest absolute Gasteiger partial charge is 0.225 e. The number of nitrogens with one attached hydrogen (secondary N) is 1. The molecule has 1 amide bonds. The van der Waals surface area contributed by atoms with E-state index < -0.39 is 0 Å². The van der Waals surface area contributed by atoms with Gasteiger partial charge in [0.05, 0.1) is 27.0 Å². The average Bonchev–Trinajstić information content (AvgIpc) is 3.16. The topological polar surface area (TPSA) is 56.8 Å². The quantitative estimate of drug-likeness (QED) is 0.576. The first-order chi connectivity index (χ1) is 14.0. The van der Waals surface area contributed by atoms with Crippen LogP contribution >= 0.6 is 22.9 Å². The SMILES string of the molecule is COc1cc(OC)c(C2CC(=O)Nc3c(-c4ccc(Cl)cc4)csc32)cc1OC. The number of thiophene rings is 1. The molecule has 1 N–H and O–H groups in total. The number of halogens is 1. The molecule has 150 valence electrons. The van der Waals surface area contributed by atoms with Crippen molar-refractivity contribution in [3.8, 4) is 28.4 Å². The van der Waals surface area contributed by atoms with E-state index in [2.05, 4.69) is 10.7 Å². The van der Waals surface area contributed by atoms with Crippen LogP contribution < -0.4 is 19.5 Å². The van der Waals surface area contributed by atoms with Crippen LogP contribution in [-0.4, -0.2) is 27.2 Å². The monoisotopic (exact) mass is 429 g/mol. The van der Waals surface area contributed by atoms with Gasteiger partial charge in [0.25, 0.3) is 0 Å². The molecule has 29 heavy (non-hydrogen) atoms. The predicted octanol–water partition coefficient (Wildman–Crippen LogP) is 5.57. The first kappa shape index (κ1) is 19.6. The van der Waals surface area contributed by atoms with E-state index in [9.17, 15) is 4.79 Å². The maximum atomic E-state index is 12.6. The lowest BCUT2D eigenvalue weighted by Gasteiger charge is -2.26. The van der Waals surface area contributed by atoms with Crippen molar-refractivity contribution in [2.24, 2.45) is 0 Å². The Hall–Kier alpha value is -2.70. The zero-order valence-electron chi connectivity index (χ0n) is 16.2. The summed E-state index contributed by atoms with van der Waals surface area (Å²) in [6.45, 7) is 0. The van der Waals surface area contributed by atoms with E-state index in [1.807, 2.05) is 30.3 Å². The minimum Gasteiger partial charge on any atom is -0.496 e. The van der Waals surface area contributed by atoms with E-state index >= 15 is 0 Å². The molecule has 3 aromatic rings. The molecule has 0 saturated heterocycles. The molecule has 0 bridgehead atoms. The van der Waals surface area contributed by atoms with Gasteiger partial charge < -0.3 is 19.5 Å². The molecular weight excluding hydrogens is 410 g/mol. The number of hydrogen-bond acceptors (Lipinski definition) is 5. The van der Waals surface area contributed by atoms with Gasteiger partial charge in [-0.3, -0.25) is 4.79 Å². The maximum absolute atomic E-state index is 12.6. The lowest BCUT2D eigenvalue weighted by molar-refractivity contribution is -0.116. The first-order valence-electron chi connectivity index (χ1n) is 9.02. The maximum Gasteiger partial charge on any atom is 0.225 e. The van der Waals surface area contributed by atoms with Crippen molar-refractivity contribution in [2.45, 2.75) is 12.3 Å². The van der Waals surface area contributed by atoms with Crippen molar-refractivity contribution in [3.63, 3.8) is 0 Å². The van der Waals surface area contributed by atoms with Crippen molar-refractivity contribution in [1.29, 1.82) is 0 Å². The van der Waals surface area contributed by atoms with Gasteiger partial charge in [0.2, 0.25) is 5.91 Å². The normalized spacial score (nSPS) is 15.4. The zero-order valence-corrected chi connectivity index (χ0v) is 17.8. The number of rotatable bonds is 5. The molecule has 0 spiro atoms. The lowest BCUT2D eigenvalue weighted by Crippen LogP contribution is -2.22. The third-order valence-corrected chi connectivity index (χ3v) is 6.40. The summed E-state index contributed by atoms with van der Waals surface area (Å²) in [7, 11) is 4.79. The molecule has 0 radical (unpaired) electrons. The molecule has 0 fully saturated rings. The number of ether oxygens (including phenoxy) is 3. The Morgan fingerprint density at radius 1 is 1.00 bits per heavy atom. The Balaban J connectivity index is 1.84. The van der Waals surface area contributed by atoms with Crippen LogP contribution in [0.15, 0.2) is 41.8 Å². The van der Waals surface area contributed by atoms with Crippen LogP contribution in [0.4, 0.5) is 5.69 Å². The molecule has 1 aliphatic rings. The lowest BCUT2D eigenvalue weighted by atomic mass is 9.88. The highest BCUT2D eigenvalue weighted by molar-refractivity contribution is 7.11. The van der Waals surface area contributed by atoms with Crippen LogP contribution in [-0.2, 0) is 4.79 Å². The number of benzene rings is 2. The highest BCUT2D eigenvalue weighted by atomic mass is 35.5. The summed E-state index contributed by atoms with van der Waals surface area (Å²) in [4.78, 5) is 13.7. The fraction of sp³-hybridized carbons (Fsp3) is 0.227. The number of anilines is 1. The summed E-state index contributed by atoms with van der Waals surface area (Å²) in [5.41, 5.74) is 3.73. The van der Waals surface area contributed by atoms with Crippen molar-refractivity contribution in [2.75, 3.05) is 26.6 Å². The van der Waals surface area contributed by atoms with Crippen LogP contribution in [0, 0.1) is 0 Å². The van der Waals surface area contributed by atoms with Crippen LogP contribution in [0.1, 0.15) is 22.8 Å². The molecule has 1 aromatic heterocycles. The molecule has 1 unspecified atom stereocenters. The van der Waals surface area contributed by atoms with Gasteiger partial charge in [-0.2, -0.15) is 0 Å². The van der Waals surface area contributed by atoms with Gasteiger partial charge in [0, 0.05) is 44.8 Å². The van der Waals surface area contributed by atoms with Gasteiger partial charge >= 0.3 is 0 Å². The van der Waals surface area contributed by atoms with Gasteiger partial charge in [-0.1, -0.05) is 23.7 Å². The molecule has 2 aromatic carbocycles. The minimum atomic E-state index is -0.139. The standard InChI is InChI=1S/C22H20ClNO4S/c1-26-17-10-19(28-3)18(27-2)8-14(17)15-9-20(25)24-21-16(11-29-22(15)21)12-4-6-13(23)7-5-12/h4-8,10-11,15H,9H2,1-3H3,(H,24,25). The summed E-state index contributed by atoms with van der Waals surface area (Å²) < 4.78 is 16.5. The van der Waals surface area contributed by atoms with E-state index in [0.29, 0.717) is 28.7 Å². The molecule has 5 nitrogen and oxygen atoms in total. The Morgan fingerprint density at radius 2 is 1.66 bits per heavy atom. The van der Waals surface area contributed by atoms with Crippen molar-refractivity contribution in [3.05, 3.63) is 57.2 Å². The molecule has 0 saturated carbocycles. The second kappa shape index (κ2) is 7.97. The second-order valence-electron chi connectivity index (χ2n) is 6.65. The van der Waals surface area contributed by atoms with Crippen LogP contribution in [0.3, 0.4) is 0 Å². The number of amides is 1. The Kier molecular flexibility index (Phi) is 5.39. The number of fused-ring (bicyclic) bond motifs is 1. The van der Waals surface area contributed by atoms with Crippen molar-refractivity contribution >= 4 is 34.5 Å². The molecule has 2 heterocycles. The summed E-state index contributed by atoms with van der Waals surface area (Å²) in [5, 5.41) is 5.80. The summed E-state index contributed by atoms with van der Waals surface area (Å²) in [6, 6.07) is 11.3. The fourth-order valence-electron chi connectivity index (χ4n) is 3.64. The Bertz CT molecular complexity index is 1060. The van der Waals surface area contributed by atoms with Gasteiger partial charge in [-0.15, -0.1) is 11.3 Å². The van der Waals surface area contributed by atoms with Crippen LogP contribution in [0.2, 0.25) is 5.02 Å². The average molecular weight is 430 g/mol. The fourth-order valence-corrected chi connectivity index (χ4v) is 4.92. The summed E-state index contributed by atoms with van der Waals surface area (Å²) in [5.74, 6) is 1.68. The van der Waals surface area contributed by atoms with Gasteiger partial charge in [-0.25, -0.2) is 0 Å². The highest BCUT2D eigenvalue weighted by Gasteiger charge is 2.33. The van der Waals surface area contributed by atoms with E-state index in [1.165, 1.54) is 0 Å². The number of methoxy groups -OCH3 is 3. The van der Waals surface area contributed by atoms with E-state index in [1.54, 1.807) is 38.7 Å². The summed E-state index contributed by atoms with van der Waals surface area (Å²) in [6.07, 6.45) is 0.333. The van der Waals surface area contributed by atoms with Crippen LogP contribution in [0.25, 0.3) is 11.1 Å². The molecule has 7 heteroatoms. The van der Waals surface area contributed by atoms with E-state index in [-0.39, 0.29) is 11.8 Å². The number of carbonyl (C=O) groups excluding carboxylic acids is 1. The highest BCUT2D eigenvalue weighted by Crippen LogP contribution is 2.50. The minimum absolute atomic E-state index is 0.0343. The van der Waals surface area contributed by atoms with Gasteiger partial charge in [-0.05, 0) is 23.8 Å². The molecular formula is C22H20ClNO4S. The Morgan fingerprint density at radius 3 is 2.31 bits per heavy atom. The van der Waals surface area contributed by atoms with E-state index in [0.717, 1.165) is 27.3 Å². The third-order valence-electron chi connectivity index (χ3n) is 5.06. The molecule has 1 aliphatic heterocycles. The molecule has 0 aliphatic carbocycles. The largest absolute Gasteiger partial charge is 0.496 e. The Labute approximate surface area is 178 Å². The first-order valence-corrected chi connectivity index (χ1v) is 10.3. The predicted molar refractivity (Wildman–Crippen MR) is 116 cm³/mol. The molecule has 1 atom stereocenters. The number of carbonyl (C=O) groups is 1.